The van der Waals surface area contributed by atoms with Crippen LogP contribution in [0.2, 0.25) is 0 Å². The molecule has 0 saturated heterocycles. The van der Waals surface area contributed by atoms with Crippen molar-refractivity contribution in [2.75, 3.05) is 7.11 Å². The molecule has 0 aliphatic heterocycles. The van der Waals surface area contributed by atoms with Crippen LogP contribution in [-0.4, -0.2) is 12.1 Å². The van der Waals surface area contributed by atoms with Gasteiger partial charge in [-0.05, 0) is 39.7 Å². The lowest BCUT2D eigenvalue weighted by molar-refractivity contribution is 0.400. The molecule has 1 atom stereocenters. The third-order valence-corrected chi connectivity index (χ3v) is 3.64. The molecule has 2 aromatic rings. The van der Waals surface area contributed by atoms with E-state index in [9.17, 15) is 8.78 Å². The van der Waals surface area contributed by atoms with Crippen molar-refractivity contribution in [2.24, 2.45) is 5.84 Å². The van der Waals surface area contributed by atoms with Crippen molar-refractivity contribution in [1.82, 2.24) is 10.4 Å². The minimum atomic E-state index is -0.974. The number of hydrazine groups is 1. The molecule has 0 aliphatic carbocycles. The SMILES string of the molecule is COc1cccnc1C(NN)c1ccc(F)c(F)c1Br. The lowest BCUT2D eigenvalue weighted by atomic mass is 10.0. The number of halogens is 3. The predicted octanol–water partition coefficient (Wildman–Crippen LogP) is 2.68. The van der Waals surface area contributed by atoms with Crippen LogP contribution in [0.25, 0.3) is 0 Å². The maximum Gasteiger partial charge on any atom is 0.173 e. The van der Waals surface area contributed by atoms with E-state index in [0.29, 0.717) is 17.0 Å². The smallest absolute Gasteiger partial charge is 0.173 e. The summed E-state index contributed by atoms with van der Waals surface area (Å²) in [4.78, 5) is 4.19. The first-order valence-electron chi connectivity index (χ1n) is 5.68. The first kappa shape index (κ1) is 14.8. The summed E-state index contributed by atoms with van der Waals surface area (Å²) in [5.41, 5.74) is 3.43. The second-order valence-electron chi connectivity index (χ2n) is 3.96. The first-order chi connectivity index (χ1) is 9.60. The van der Waals surface area contributed by atoms with Crippen molar-refractivity contribution in [1.29, 1.82) is 0 Å². The van der Waals surface area contributed by atoms with E-state index in [1.165, 1.54) is 13.2 Å². The Morgan fingerprint density at radius 2 is 2.10 bits per heavy atom. The molecule has 1 aromatic heterocycles. The van der Waals surface area contributed by atoms with Crippen molar-refractivity contribution in [2.45, 2.75) is 6.04 Å². The Balaban J connectivity index is 2.56. The summed E-state index contributed by atoms with van der Waals surface area (Å²) in [6.07, 6.45) is 1.57. The van der Waals surface area contributed by atoms with E-state index in [2.05, 4.69) is 26.3 Å². The third kappa shape index (κ3) is 2.65. The number of rotatable bonds is 4. The van der Waals surface area contributed by atoms with Crippen LogP contribution >= 0.6 is 15.9 Å². The molecule has 1 heterocycles. The predicted molar refractivity (Wildman–Crippen MR) is 74.0 cm³/mol. The van der Waals surface area contributed by atoms with Crippen molar-refractivity contribution < 1.29 is 13.5 Å². The van der Waals surface area contributed by atoms with Crippen molar-refractivity contribution in [3.63, 3.8) is 0 Å². The molecule has 1 aromatic carbocycles. The summed E-state index contributed by atoms with van der Waals surface area (Å²) in [5, 5.41) is 0. The number of hydrogen-bond acceptors (Lipinski definition) is 4. The highest BCUT2D eigenvalue weighted by molar-refractivity contribution is 9.10. The van der Waals surface area contributed by atoms with Crippen molar-refractivity contribution in [3.8, 4) is 5.75 Å². The fourth-order valence-electron chi connectivity index (χ4n) is 1.87. The average Bonchev–Trinajstić information content (AvgIpc) is 2.48. The van der Waals surface area contributed by atoms with Gasteiger partial charge in [0, 0.05) is 6.20 Å². The summed E-state index contributed by atoms with van der Waals surface area (Å²) in [6, 6.07) is 5.24. The van der Waals surface area contributed by atoms with E-state index < -0.39 is 17.7 Å². The summed E-state index contributed by atoms with van der Waals surface area (Å²) in [6.45, 7) is 0. The molecule has 0 amide bonds. The number of benzene rings is 1. The minimum absolute atomic E-state index is 0.00634. The Morgan fingerprint density at radius 1 is 1.35 bits per heavy atom. The lowest BCUT2D eigenvalue weighted by Gasteiger charge is -2.19. The van der Waals surface area contributed by atoms with E-state index in [1.807, 2.05) is 0 Å². The van der Waals surface area contributed by atoms with Crippen molar-refractivity contribution in [3.05, 3.63) is 57.8 Å². The zero-order valence-corrected chi connectivity index (χ0v) is 12.1. The van der Waals surface area contributed by atoms with Gasteiger partial charge in [0.2, 0.25) is 0 Å². The maximum absolute atomic E-state index is 13.6. The van der Waals surface area contributed by atoms with Gasteiger partial charge in [0.1, 0.15) is 11.4 Å². The van der Waals surface area contributed by atoms with E-state index >= 15 is 0 Å². The molecule has 0 saturated carbocycles. The van der Waals surface area contributed by atoms with E-state index in [-0.39, 0.29) is 4.47 Å². The molecule has 7 heteroatoms. The van der Waals surface area contributed by atoms with Crippen LogP contribution < -0.4 is 16.0 Å². The topological polar surface area (TPSA) is 60.2 Å². The molecule has 20 heavy (non-hydrogen) atoms. The van der Waals surface area contributed by atoms with Gasteiger partial charge >= 0.3 is 0 Å². The minimum Gasteiger partial charge on any atom is -0.495 e. The molecule has 0 spiro atoms. The Morgan fingerprint density at radius 3 is 2.75 bits per heavy atom. The van der Waals surface area contributed by atoms with E-state index in [4.69, 9.17) is 10.6 Å². The quantitative estimate of drug-likeness (QED) is 0.509. The molecular formula is C13H12BrF2N3O. The summed E-state index contributed by atoms with van der Waals surface area (Å²) < 4.78 is 32.0. The summed E-state index contributed by atoms with van der Waals surface area (Å²) in [5.74, 6) is 4.11. The monoisotopic (exact) mass is 343 g/mol. The lowest BCUT2D eigenvalue weighted by Crippen LogP contribution is -2.30. The van der Waals surface area contributed by atoms with Crippen LogP contribution in [0.15, 0.2) is 34.9 Å². The normalized spacial score (nSPS) is 12.2. The van der Waals surface area contributed by atoms with Gasteiger partial charge in [-0.25, -0.2) is 14.2 Å². The number of nitrogens with zero attached hydrogens (tertiary/aromatic N) is 1. The largest absolute Gasteiger partial charge is 0.495 e. The molecule has 2 rings (SSSR count). The molecule has 0 radical (unpaired) electrons. The Hall–Kier alpha value is -1.57. The third-order valence-electron chi connectivity index (χ3n) is 2.84. The molecule has 0 bridgehead atoms. The van der Waals surface area contributed by atoms with Crippen LogP contribution in [0, 0.1) is 11.6 Å². The average molecular weight is 344 g/mol. The number of pyridine rings is 1. The maximum atomic E-state index is 13.6. The van der Waals surface area contributed by atoms with Crippen LogP contribution in [0.1, 0.15) is 17.3 Å². The van der Waals surface area contributed by atoms with Gasteiger partial charge < -0.3 is 4.74 Å². The number of nitrogens with two attached hydrogens (primary N) is 1. The fraction of sp³-hybridized carbons (Fsp3) is 0.154. The van der Waals surface area contributed by atoms with Crippen molar-refractivity contribution >= 4 is 15.9 Å². The zero-order valence-electron chi connectivity index (χ0n) is 10.5. The van der Waals surface area contributed by atoms with Gasteiger partial charge in [0.05, 0.1) is 17.6 Å². The second-order valence-corrected chi connectivity index (χ2v) is 4.75. The van der Waals surface area contributed by atoms with Gasteiger partial charge in [0.15, 0.2) is 11.6 Å². The highest BCUT2D eigenvalue weighted by Crippen LogP contribution is 2.33. The molecular weight excluding hydrogens is 332 g/mol. The molecule has 3 N–H and O–H groups in total. The highest BCUT2D eigenvalue weighted by atomic mass is 79.9. The summed E-state index contributed by atoms with van der Waals surface area (Å²) >= 11 is 3.04. The van der Waals surface area contributed by atoms with E-state index in [0.717, 1.165) is 6.07 Å². The number of methoxy groups -OCH3 is 1. The van der Waals surface area contributed by atoms with Crippen LogP contribution in [0.3, 0.4) is 0 Å². The number of ether oxygens (including phenoxy) is 1. The van der Waals surface area contributed by atoms with Gasteiger partial charge in [-0.1, -0.05) is 6.07 Å². The van der Waals surface area contributed by atoms with Gasteiger partial charge in [-0.3, -0.25) is 10.8 Å². The Labute approximate surface area is 123 Å². The van der Waals surface area contributed by atoms with Gasteiger partial charge in [0.25, 0.3) is 0 Å². The molecule has 4 nitrogen and oxygen atoms in total. The highest BCUT2D eigenvalue weighted by Gasteiger charge is 2.23. The molecule has 0 fully saturated rings. The summed E-state index contributed by atoms with van der Waals surface area (Å²) in [7, 11) is 1.49. The zero-order chi connectivity index (χ0) is 14.7. The Bertz CT molecular complexity index is 625. The van der Waals surface area contributed by atoms with Gasteiger partial charge in [-0.2, -0.15) is 0 Å². The Kier molecular flexibility index (Phi) is 4.64. The molecule has 0 aliphatic rings. The van der Waals surface area contributed by atoms with Gasteiger partial charge in [-0.15, -0.1) is 0 Å². The number of hydrogen-bond donors (Lipinski definition) is 2. The van der Waals surface area contributed by atoms with Crippen LogP contribution in [-0.2, 0) is 0 Å². The van der Waals surface area contributed by atoms with Crippen LogP contribution in [0.5, 0.6) is 5.75 Å². The number of aromatic nitrogens is 1. The molecule has 1 unspecified atom stereocenters. The number of nitrogens with one attached hydrogen (secondary N) is 1. The van der Waals surface area contributed by atoms with Crippen LogP contribution in [0.4, 0.5) is 8.78 Å². The standard InChI is InChI=1S/C13H12BrF2N3O/c1-20-9-3-2-6-18-13(9)12(19-17)7-4-5-8(15)11(16)10(7)14/h2-6,12,19H,17H2,1H3. The first-order valence-corrected chi connectivity index (χ1v) is 6.47. The second kappa shape index (κ2) is 6.25. The van der Waals surface area contributed by atoms with E-state index in [1.54, 1.807) is 18.3 Å². The molecule has 106 valence electrons. The fourth-order valence-corrected chi connectivity index (χ4v) is 2.42.